The van der Waals surface area contributed by atoms with Gasteiger partial charge in [0, 0.05) is 18.2 Å². The fraction of sp³-hybridized carbons (Fsp3) is 0.333. The van der Waals surface area contributed by atoms with Crippen molar-refractivity contribution in [2.45, 2.75) is 31.9 Å². The Hall–Kier alpha value is -2.94. The van der Waals surface area contributed by atoms with Crippen LogP contribution in [0.5, 0.6) is 0 Å². The van der Waals surface area contributed by atoms with Crippen molar-refractivity contribution >= 4 is 11.9 Å². The van der Waals surface area contributed by atoms with Crippen LogP contribution in [0.2, 0.25) is 0 Å². The number of nitrogens with one attached hydrogen (secondary N) is 2. The van der Waals surface area contributed by atoms with Crippen LogP contribution >= 0.6 is 0 Å². The molecule has 0 amide bonds. The molecular formula is C18H19F2N5O2. The molecule has 0 fully saturated rings. The molecule has 0 radical (unpaired) electrons. The molecular weight excluding hydrogens is 356 g/mol. The van der Waals surface area contributed by atoms with E-state index in [4.69, 9.17) is 0 Å². The van der Waals surface area contributed by atoms with Crippen LogP contribution in [0.1, 0.15) is 24.9 Å². The third kappa shape index (κ3) is 3.25. The molecule has 0 saturated heterocycles. The van der Waals surface area contributed by atoms with Crippen molar-refractivity contribution < 1.29 is 19.0 Å². The van der Waals surface area contributed by atoms with Gasteiger partial charge >= 0.3 is 0 Å². The smallest absolute Gasteiger partial charge is 0.228 e. The molecule has 2 heterocycles. The zero-order chi connectivity index (χ0) is 19.1. The molecule has 3 aliphatic rings. The van der Waals surface area contributed by atoms with Crippen molar-refractivity contribution in [3.8, 4) is 0 Å². The van der Waals surface area contributed by atoms with Crippen molar-refractivity contribution in [3.63, 3.8) is 0 Å². The lowest BCUT2D eigenvalue weighted by Crippen LogP contribution is -2.56. The number of alkyl halides is 1. The number of aliphatic imine (C=N–C) groups is 2. The largest absolute Gasteiger partial charge is 0.509 e. The van der Waals surface area contributed by atoms with Crippen LogP contribution in [-0.4, -0.2) is 46.1 Å². The number of benzene rings is 1. The van der Waals surface area contributed by atoms with E-state index >= 15 is 0 Å². The number of rotatable bonds is 2. The molecule has 0 bridgehead atoms. The van der Waals surface area contributed by atoms with Gasteiger partial charge in [0.1, 0.15) is 11.6 Å². The standard InChI is InChI=1S/C18H19F2N5O2/c1-9-6-12(20)15(26)7-13(9)22-17-24-18(27)23-16-21-8-14(25(16)17)10-2-4-11(19)5-3-10/h2-5,7,12,14,18,26-27H,6,8H2,1H3,(H,21,23)(H,22,24). The van der Waals surface area contributed by atoms with E-state index in [1.54, 1.807) is 24.0 Å². The second-order valence-electron chi connectivity index (χ2n) is 6.63. The van der Waals surface area contributed by atoms with E-state index in [0.717, 1.165) is 5.56 Å². The number of hydrogen-bond acceptors (Lipinski definition) is 7. The summed E-state index contributed by atoms with van der Waals surface area (Å²) in [5.74, 6) is 0.0486. The Morgan fingerprint density at radius 1 is 1.30 bits per heavy atom. The summed E-state index contributed by atoms with van der Waals surface area (Å²) in [6.45, 7) is 2.15. The summed E-state index contributed by atoms with van der Waals surface area (Å²) >= 11 is 0. The highest BCUT2D eigenvalue weighted by molar-refractivity contribution is 6.02. The van der Waals surface area contributed by atoms with E-state index in [9.17, 15) is 19.0 Å². The molecule has 4 N–H and O–H groups in total. The average molecular weight is 375 g/mol. The monoisotopic (exact) mass is 375 g/mol. The van der Waals surface area contributed by atoms with Gasteiger partial charge in [0.15, 0.2) is 6.17 Å². The number of halogens is 2. The van der Waals surface area contributed by atoms with Gasteiger partial charge < -0.3 is 20.8 Å². The summed E-state index contributed by atoms with van der Waals surface area (Å²) in [7, 11) is 0. The van der Waals surface area contributed by atoms with Gasteiger partial charge in [0.25, 0.3) is 0 Å². The normalized spacial score (nSPS) is 27.5. The van der Waals surface area contributed by atoms with E-state index in [0.29, 0.717) is 29.7 Å². The first-order valence-electron chi connectivity index (χ1n) is 8.55. The SMILES string of the molecule is CC1=C(NC2=NC(O)NC3=NCC(c4ccc(F)cc4)N23)C=C(O)C(F)C1. The molecule has 1 aromatic carbocycles. The first-order valence-corrected chi connectivity index (χ1v) is 8.55. The first-order chi connectivity index (χ1) is 12.9. The maximum atomic E-state index is 13.7. The molecule has 0 spiro atoms. The van der Waals surface area contributed by atoms with Crippen LogP contribution in [0.25, 0.3) is 0 Å². The molecule has 9 heteroatoms. The van der Waals surface area contributed by atoms with E-state index in [-0.39, 0.29) is 24.0 Å². The number of hydrogen-bond donors (Lipinski definition) is 4. The van der Waals surface area contributed by atoms with Crippen LogP contribution in [0.4, 0.5) is 8.78 Å². The lowest BCUT2D eigenvalue weighted by atomic mass is 10.0. The lowest BCUT2D eigenvalue weighted by molar-refractivity contribution is 0.157. The van der Waals surface area contributed by atoms with Gasteiger partial charge in [-0.25, -0.2) is 8.78 Å². The third-order valence-corrected chi connectivity index (χ3v) is 4.74. The highest BCUT2D eigenvalue weighted by atomic mass is 19.1. The van der Waals surface area contributed by atoms with Crippen LogP contribution in [0.3, 0.4) is 0 Å². The van der Waals surface area contributed by atoms with Crippen molar-refractivity contribution in [3.05, 3.63) is 58.8 Å². The summed E-state index contributed by atoms with van der Waals surface area (Å²) < 4.78 is 26.9. The van der Waals surface area contributed by atoms with Gasteiger partial charge in [0.05, 0.1) is 12.6 Å². The number of aliphatic hydroxyl groups excluding tert-OH is 2. The number of guanidine groups is 2. The first kappa shape index (κ1) is 17.5. The van der Waals surface area contributed by atoms with Crippen LogP contribution in [0.15, 0.2) is 57.4 Å². The minimum Gasteiger partial charge on any atom is -0.509 e. The maximum Gasteiger partial charge on any atom is 0.228 e. The van der Waals surface area contributed by atoms with Gasteiger partial charge in [-0.15, -0.1) is 0 Å². The summed E-state index contributed by atoms with van der Waals surface area (Å²) in [6.07, 6.45) is -1.22. The average Bonchev–Trinajstić information content (AvgIpc) is 3.04. The highest BCUT2D eigenvalue weighted by Crippen LogP contribution is 2.29. The second-order valence-corrected chi connectivity index (χ2v) is 6.63. The number of allylic oxidation sites excluding steroid dienone is 3. The quantitative estimate of drug-likeness (QED) is 0.633. The molecule has 142 valence electrons. The third-order valence-electron chi connectivity index (χ3n) is 4.74. The Morgan fingerprint density at radius 3 is 2.78 bits per heavy atom. The second kappa shape index (κ2) is 6.66. The minimum absolute atomic E-state index is 0.0705. The van der Waals surface area contributed by atoms with Crippen molar-refractivity contribution in [2.24, 2.45) is 9.98 Å². The highest BCUT2D eigenvalue weighted by Gasteiger charge is 2.37. The van der Waals surface area contributed by atoms with Gasteiger partial charge in [-0.1, -0.05) is 12.1 Å². The summed E-state index contributed by atoms with van der Waals surface area (Å²) in [4.78, 5) is 10.3. The Labute approximate surface area is 154 Å². The maximum absolute atomic E-state index is 13.7. The summed E-state index contributed by atoms with van der Waals surface area (Å²) in [5.41, 5.74) is 2.06. The van der Waals surface area contributed by atoms with E-state index in [2.05, 4.69) is 20.6 Å². The molecule has 1 aromatic rings. The number of fused-ring (bicyclic) bond motifs is 1. The molecule has 0 saturated carbocycles. The Bertz CT molecular complexity index is 878. The zero-order valence-corrected chi connectivity index (χ0v) is 14.5. The fourth-order valence-corrected chi connectivity index (χ4v) is 3.31. The Morgan fingerprint density at radius 2 is 2.04 bits per heavy atom. The Kier molecular flexibility index (Phi) is 4.31. The van der Waals surface area contributed by atoms with Crippen LogP contribution < -0.4 is 10.6 Å². The van der Waals surface area contributed by atoms with Gasteiger partial charge in [0.2, 0.25) is 18.3 Å². The van der Waals surface area contributed by atoms with Crippen molar-refractivity contribution in [1.82, 2.24) is 15.5 Å². The lowest BCUT2D eigenvalue weighted by Gasteiger charge is -2.34. The molecule has 0 aromatic heterocycles. The fourth-order valence-electron chi connectivity index (χ4n) is 3.31. The predicted octanol–water partition coefficient (Wildman–Crippen LogP) is 1.82. The molecule has 7 nitrogen and oxygen atoms in total. The van der Waals surface area contributed by atoms with Gasteiger partial charge in [-0.2, -0.15) is 4.99 Å². The molecule has 3 atom stereocenters. The van der Waals surface area contributed by atoms with E-state index in [1.165, 1.54) is 18.2 Å². The van der Waals surface area contributed by atoms with Crippen LogP contribution in [0, 0.1) is 5.82 Å². The zero-order valence-electron chi connectivity index (χ0n) is 14.5. The summed E-state index contributed by atoms with van der Waals surface area (Å²) in [5, 5.41) is 25.5. The number of aliphatic hydroxyl groups is 2. The topological polar surface area (TPSA) is 92.5 Å². The molecule has 4 rings (SSSR count). The van der Waals surface area contributed by atoms with Gasteiger partial charge in [-0.05, 0) is 30.2 Å². The molecule has 3 unspecified atom stereocenters. The van der Waals surface area contributed by atoms with Gasteiger partial charge in [-0.3, -0.25) is 9.89 Å². The molecule has 1 aliphatic carbocycles. The number of nitrogens with zero attached hydrogens (tertiary/aromatic N) is 3. The van der Waals surface area contributed by atoms with Crippen LogP contribution in [-0.2, 0) is 0 Å². The summed E-state index contributed by atoms with van der Waals surface area (Å²) in [6, 6.07) is 5.85. The minimum atomic E-state index is -1.42. The molecule has 2 aliphatic heterocycles. The van der Waals surface area contributed by atoms with Crippen molar-refractivity contribution in [1.29, 1.82) is 0 Å². The van der Waals surface area contributed by atoms with Crippen molar-refractivity contribution in [2.75, 3.05) is 6.54 Å². The predicted molar refractivity (Wildman–Crippen MR) is 95.9 cm³/mol. The Balaban J connectivity index is 1.65. The van der Waals surface area contributed by atoms with E-state index in [1.807, 2.05) is 0 Å². The molecule has 27 heavy (non-hydrogen) atoms. The van der Waals surface area contributed by atoms with E-state index < -0.39 is 12.5 Å².